The average Bonchev–Trinajstić information content (AvgIpc) is 2.93. The van der Waals surface area contributed by atoms with E-state index in [0.29, 0.717) is 28.7 Å². The largest absolute Gasteiger partial charge is 0.493 e. The second kappa shape index (κ2) is 6.41. The zero-order chi connectivity index (χ0) is 17.1. The monoisotopic (exact) mass is 326 g/mol. The van der Waals surface area contributed by atoms with Gasteiger partial charge in [-0.05, 0) is 30.3 Å². The number of fused-ring (bicyclic) bond motifs is 1. The zero-order valence-electron chi connectivity index (χ0n) is 13.4. The van der Waals surface area contributed by atoms with Crippen LogP contribution in [0.25, 0.3) is 0 Å². The molecular formula is C17H18N4O3. The molecule has 0 saturated carbocycles. The summed E-state index contributed by atoms with van der Waals surface area (Å²) in [5.74, 6) is 1.85. The third-order valence-corrected chi connectivity index (χ3v) is 3.49. The third kappa shape index (κ3) is 3.19. The molecule has 1 heterocycles. The van der Waals surface area contributed by atoms with E-state index in [-0.39, 0.29) is 6.03 Å². The lowest BCUT2D eigenvalue weighted by atomic mass is 10.2. The van der Waals surface area contributed by atoms with Crippen molar-refractivity contribution in [2.24, 2.45) is 0 Å². The van der Waals surface area contributed by atoms with E-state index in [1.807, 2.05) is 12.1 Å². The Morgan fingerprint density at radius 1 is 0.917 bits per heavy atom. The summed E-state index contributed by atoms with van der Waals surface area (Å²) >= 11 is 0. The highest BCUT2D eigenvalue weighted by molar-refractivity contribution is 6.00. The van der Waals surface area contributed by atoms with Crippen molar-refractivity contribution in [2.75, 3.05) is 35.5 Å². The van der Waals surface area contributed by atoms with Crippen LogP contribution in [0.5, 0.6) is 11.5 Å². The molecule has 124 valence electrons. The number of carbonyl (C=O) groups excluding carboxylic acids is 1. The number of urea groups is 1. The molecule has 0 aromatic heterocycles. The number of nitrogens with one attached hydrogen (secondary N) is 4. The van der Waals surface area contributed by atoms with Crippen molar-refractivity contribution < 1.29 is 14.3 Å². The molecule has 2 aromatic carbocycles. The molecule has 1 aliphatic heterocycles. The number of hydrogen-bond acceptors (Lipinski definition) is 5. The molecule has 0 fully saturated rings. The normalized spacial score (nSPS) is 11.8. The van der Waals surface area contributed by atoms with Crippen molar-refractivity contribution in [1.29, 1.82) is 0 Å². The lowest BCUT2D eigenvalue weighted by Gasteiger charge is -2.11. The molecule has 0 bridgehead atoms. The maximum Gasteiger partial charge on any atom is 0.323 e. The summed E-state index contributed by atoms with van der Waals surface area (Å²) in [4.78, 5) is 12.2. The maximum absolute atomic E-state index is 12.2. The first-order valence-corrected chi connectivity index (χ1v) is 7.26. The predicted octanol–water partition coefficient (Wildman–Crippen LogP) is 3.66. The van der Waals surface area contributed by atoms with Crippen molar-refractivity contribution in [1.82, 2.24) is 0 Å². The highest BCUT2D eigenvalue weighted by atomic mass is 16.5. The molecule has 0 unspecified atom stereocenters. The molecule has 7 heteroatoms. The minimum Gasteiger partial charge on any atom is -0.493 e. The molecule has 0 aliphatic carbocycles. The fourth-order valence-electron chi connectivity index (χ4n) is 2.40. The van der Waals surface area contributed by atoms with Gasteiger partial charge in [-0.1, -0.05) is 6.58 Å². The number of rotatable bonds is 4. The van der Waals surface area contributed by atoms with E-state index in [0.717, 1.165) is 11.4 Å². The number of ether oxygens (including phenoxy) is 2. The Morgan fingerprint density at radius 2 is 1.54 bits per heavy atom. The minimum atomic E-state index is -0.355. The summed E-state index contributed by atoms with van der Waals surface area (Å²) in [6.07, 6.45) is 0. The van der Waals surface area contributed by atoms with Crippen molar-refractivity contribution in [3.05, 3.63) is 48.8 Å². The van der Waals surface area contributed by atoms with Gasteiger partial charge in [0.25, 0.3) is 0 Å². The zero-order valence-corrected chi connectivity index (χ0v) is 13.4. The topological polar surface area (TPSA) is 83.7 Å². The van der Waals surface area contributed by atoms with Crippen LogP contribution in [0.15, 0.2) is 48.8 Å². The van der Waals surface area contributed by atoms with Crippen LogP contribution in [-0.2, 0) is 0 Å². The van der Waals surface area contributed by atoms with Crippen molar-refractivity contribution in [3.63, 3.8) is 0 Å². The number of hydrogen-bond donors (Lipinski definition) is 4. The van der Waals surface area contributed by atoms with E-state index in [4.69, 9.17) is 9.47 Å². The molecule has 2 amide bonds. The number of methoxy groups -OCH3 is 2. The van der Waals surface area contributed by atoms with Crippen LogP contribution in [0.3, 0.4) is 0 Å². The second-order valence-electron chi connectivity index (χ2n) is 5.14. The Kier molecular flexibility index (Phi) is 4.15. The Labute approximate surface area is 139 Å². The van der Waals surface area contributed by atoms with E-state index in [1.165, 1.54) is 0 Å². The number of benzene rings is 2. The maximum atomic E-state index is 12.2. The van der Waals surface area contributed by atoms with Crippen molar-refractivity contribution in [3.8, 4) is 11.5 Å². The fraction of sp³-hybridized carbons (Fsp3) is 0.118. The molecule has 3 rings (SSSR count). The first-order valence-electron chi connectivity index (χ1n) is 7.26. The molecule has 2 aromatic rings. The molecular weight excluding hydrogens is 308 g/mol. The molecule has 0 atom stereocenters. The van der Waals surface area contributed by atoms with Crippen LogP contribution in [0.1, 0.15) is 0 Å². The molecule has 1 aliphatic rings. The Morgan fingerprint density at radius 3 is 2.25 bits per heavy atom. The van der Waals surface area contributed by atoms with Crippen LogP contribution in [0.4, 0.5) is 27.5 Å². The van der Waals surface area contributed by atoms with Gasteiger partial charge < -0.3 is 30.7 Å². The Hall–Kier alpha value is -3.35. The SMILES string of the molecule is C=C1Nc2ccc(NC(=O)Nc3ccc(OC)c(OC)c3)cc2N1. The highest BCUT2D eigenvalue weighted by Gasteiger charge is 2.13. The highest BCUT2D eigenvalue weighted by Crippen LogP contribution is 2.32. The van der Waals surface area contributed by atoms with Gasteiger partial charge in [0.2, 0.25) is 0 Å². The summed E-state index contributed by atoms with van der Waals surface area (Å²) < 4.78 is 10.4. The Balaban J connectivity index is 1.68. The van der Waals surface area contributed by atoms with Crippen LogP contribution < -0.4 is 30.7 Å². The molecule has 4 N–H and O–H groups in total. The standard InChI is InChI=1S/C17H18N4O3/c1-10-18-13-6-4-11(8-14(13)19-10)20-17(22)21-12-5-7-15(23-2)16(9-12)24-3/h4-9,18-19H,1H2,2-3H3,(H2,20,21,22). The van der Waals surface area contributed by atoms with Gasteiger partial charge in [-0.2, -0.15) is 0 Å². The van der Waals surface area contributed by atoms with Gasteiger partial charge in [-0.15, -0.1) is 0 Å². The molecule has 24 heavy (non-hydrogen) atoms. The van der Waals surface area contributed by atoms with Crippen LogP contribution in [-0.4, -0.2) is 20.3 Å². The molecule has 7 nitrogen and oxygen atoms in total. The van der Waals surface area contributed by atoms with Gasteiger partial charge in [0.05, 0.1) is 25.6 Å². The van der Waals surface area contributed by atoms with E-state index in [9.17, 15) is 4.79 Å². The van der Waals surface area contributed by atoms with Crippen LogP contribution in [0, 0.1) is 0 Å². The van der Waals surface area contributed by atoms with Gasteiger partial charge in [0.1, 0.15) is 5.82 Å². The number of amides is 2. The number of carbonyl (C=O) groups is 1. The lowest BCUT2D eigenvalue weighted by Crippen LogP contribution is -2.19. The van der Waals surface area contributed by atoms with Crippen LogP contribution >= 0.6 is 0 Å². The van der Waals surface area contributed by atoms with Gasteiger partial charge in [0.15, 0.2) is 11.5 Å². The van der Waals surface area contributed by atoms with Gasteiger partial charge in [-0.25, -0.2) is 4.79 Å². The van der Waals surface area contributed by atoms with E-state index < -0.39 is 0 Å². The molecule has 0 spiro atoms. The minimum absolute atomic E-state index is 0.355. The van der Waals surface area contributed by atoms with Crippen LogP contribution in [0.2, 0.25) is 0 Å². The third-order valence-electron chi connectivity index (χ3n) is 3.49. The second-order valence-corrected chi connectivity index (χ2v) is 5.14. The smallest absolute Gasteiger partial charge is 0.323 e. The lowest BCUT2D eigenvalue weighted by molar-refractivity contribution is 0.262. The predicted molar refractivity (Wildman–Crippen MR) is 95.0 cm³/mol. The average molecular weight is 326 g/mol. The summed E-state index contributed by atoms with van der Waals surface area (Å²) in [6, 6.07) is 10.3. The summed E-state index contributed by atoms with van der Waals surface area (Å²) in [7, 11) is 3.10. The summed E-state index contributed by atoms with van der Waals surface area (Å²) in [6.45, 7) is 3.80. The quantitative estimate of drug-likeness (QED) is 0.689. The fourth-order valence-corrected chi connectivity index (χ4v) is 2.40. The van der Waals surface area contributed by atoms with Gasteiger partial charge in [0, 0.05) is 17.4 Å². The summed E-state index contributed by atoms with van der Waals surface area (Å²) in [5.41, 5.74) is 3.05. The van der Waals surface area contributed by atoms with E-state index in [1.54, 1.807) is 38.5 Å². The van der Waals surface area contributed by atoms with Crippen molar-refractivity contribution in [2.45, 2.75) is 0 Å². The summed E-state index contributed by atoms with van der Waals surface area (Å²) in [5, 5.41) is 11.7. The first kappa shape index (κ1) is 15.5. The van der Waals surface area contributed by atoms with Gasteiger partial charge >= 0.3 is 6.03 Å². The van der Waals surface area contributed by atoms with E-state index in [2.05, 4.69) is 27.8 Å². The Bertz CT molecular complexity index is 804. The van der Waals surface area contributed by atoms with E-state index >= 15 is 0 Å². The van der Waals surface area contributed by atoms with Gasteiger partial charge in [-0.3, -0.25) is 0 Å². The first-order chi connectivity index (χ1) is 11.6. The molecule has 0 radical (unpaired) electrons. The number of anilines is 4. The van der Waals surface area contributed by atoms with Crippen molar-refractivity contribution >= 4 is 28.8 Å². The molecule has 0 saturated heterocycles.